The third-order valence-corrected chi connectivity index (χ3v) is 2.48. The van der Waals surface area contributed by atoms with Gasteiger partial charge in [-0.05, 0) is 19.3 Å². The summed E-state index contributed by atoms with van der Waals surface area (Å²) in [5.41, 5.74) is 0.737. The molecular weight excluding hydrogens is 188 g/mol. The maximum absolute atomic E-state index is 11.5. The van der Waals surface area contributed by atoms with Crippen LogP contribution in [0.15, 0.2) is 11.6 Å². The Kier molecular flexibility index (Phi) is 8.06. The summed E-state index contributed by atoms with van der Waals surface area (Å²) in [4.78, 5) is 11.5. The minimum absolute atomic E-state index is 0.161. The molecule has 0 aliphatic heterocycles. The van der Waals surface area contributed by atoms with Crippen molar-refractivity contribution in [2.24, 2.45) is 5.92 Å². The number of hydrogen-bond donors (Lipinski definition) is 0. The number of unbranched alkanes of at least 4 members (excludes halogenated alkanes) is 2. The van der Waals surface area contributed by atoms with Crippen LogP contribution in [0, 0.1) is 5.92 Å². The van der Waals surface area contributed by atoms with Crippen LogP contribution in [0.4, 0.5) is 0 Å². The van der Waals surface area contributed by atoms with Gasteiger partial charge in [-0.25, -0.2) is 4.79 Å². The first kappa shape index (κ1) is 14.2. The Labute approximate surface area is 93.7 Å². The summed E-state index contributed by atoms with van der Waals surface area (Å²) in [6, 6.07) is 0. The van der Waals surface area contributed by atoms with Crippen molar-refractivity contribution in [2.45, 2.75) is 53.4 Å². The molecule has 0 rings (SSSR count). The average Bonchev–Trinajstić information content (AvgIpc) is 2.23. The molecule has 0 aliphatic carbocycles. The monoisotopic (exact) mass is 212 g/mol. The van der Waals surface area contributed by atoms with Crippen molar-refractivity contribution in [3.05, 3.63) is 11.6 Å². The van der Waals surface area contributed by atoms with Crippen LogP contribution in [0.5, 0.6) is 0 Å². The number of carbonyl (C=O) groups is 1. The van der Waals surface area contributed by atoms with Crippen molar-refractivity contribution >= 4 is 5.97 Å². The lowest BCUT2D eigenvalue weighted by Crippen LogP contribution is -2.08. The molecule has 0 heterocycles. The summed E-state index contributed by atoms with van der Waals surface area (Å²) in [7, 11) is 0. The van der Waals surface area contributed by atoms with Crippen LogP contribution in [0.25, 0.3) is 0 Å². The van der Waals surface area contributed by atoms with Gasteiger partial charge in [0, 0.05) is 5.57 Å². The van der Waals surface area contributed by atoms with Crippen LogP contribution in [0.3, 0.4) is 0 Å². The molecule has 0 radical (unpaired) electrons. The summed E-state index contributed by atoms with van der Waals surface area (Å²) in [5, 5.41) is 0. The maximum atomic E-state index is 11.5. The predicted molar refractivity (Wildman–Crippen MR) is 63.7 cm³/mol. The van der Waals surface area contributed by atoms with Gasteiger partial charge in [0.1, 0.15) is 0 Å². The van der Waals surface area contributed by atoms with E-state index >= 15 is 0 Å². The standard InChI is InChI=1S/C13H24O2/c1-5-7-8-9-15-13(14)12(4)10-11(3)6-2/h10-11H,5-9H2,1-4H3. The van der Waals surface area contributed by atoms with Crippen LogP contribution >= 0.6 is 0 Å². The van der Waals surface area contributed by atoms with Gasteiger partial charge in [-0.15, -0.1) is 0 Å². The highest BCUT2D eigenvalue weighted by molar-refractivity contribution is 5.87. The van der Waals surface area contributed by atoms with Gasteiger partial charge in [-0.1, -0.05) is 46.1 Å². The van der Waals surface area contributed by atoms with Gasteiger partial charge in [0.15, 0.2) is 0 Å². The molecule has 0 saturated heterocycles. The molecule has 0 aromatic carbocycles. The highest BCUT2D eigenvalue weighted by atomic mass is 16.5. The zero-order valence-electron chi connectivity index (χ0n) is 10.5. The number of rotatable bonds is 7. The van der Waals surface area contributed by atoms with Crippen LogP contribution < -0.4 is 0 Å². The van der Waals surface area contributed by atoms with Gasteiger partial charge in [0.25, 0.3) is 0 Å². The van der Waals surface area contributed by atoms with Gasteiger partial charge < -0.3 is 4.74 Å². The SMILES string of the molecule is CCCCCOC(=O)C(C)=CC(C)CC. The van der Waals surface area contributed by atoms with E-state index < -0.39 is 0 Å². The third kappa shape index (κ3) is 7.18. The van der Waals surface area contributed by atoms with E-state index in [0.717, 1.165) is 31.3 Å². The van der Waals surface area contributed by atoms with Gasteiger partial charge >= 0.3 is 5.97 Å². The summed E-state index contributed by atoms with van der Waals surface area (Å²) in [6.07, 6.45) is 6.29. The highest BCUT2D eigenvalue weighted by Crippen LogP contribution is 2.08. The Balaban J connectivity index is 3.83. The van der Waals surface area contributed by atoms with Gasteiger partial charge in [-0.3, -0.25) is 0 Å². The number of ether oxygens (including phenoxy) is 1. The number of allylic oxidation sites excluding steroid dienone is 1. The summed E-state index contributed by atoms with van der Waals surface area (Å²) >= 11 is 0. The molecule has 0 fully saturated rings. The normalized spacial score (nSPS) is 13.7. The van der Waals surface area contributed by atoms with Crippen molar-refractivity contribution in [3.63, 3.8) is 0 Å². The second-order valence-electron chi connectivity index (χ2n) is 4.08. The number of carbonyl (C=O) groups excluding carboxylic acids is 1. The fraction of sp³-hybridized carbons (Fsp3) is 0.769. The second-order valence-corrected chi connectivity index (χ2v) is 4.08. The average molecular weight is 212 g/mol. The lowest BCUT2D eigenvalue weighted by molar-refractivity contribution is -0.139. The zero-order chi connectivity index (χ0) is 11.7. The number of esters is 1. The van der Waals surface area contributed by atoms with E-state index in [4.69, 9.17) is 4.74 Å². The summed E-state index contributed by atoms with van der Waals surface area (Å²) in [6.45, 7) is 8.73. The molecule has 0 amide bonds. The molecule has 2 heteroatoms. The smallest absolute Gasteiger partial charge is 0.333 e. The lowest BCUT2D eigenvalue weighted by Gasteiger charge is -2.06. The van der Waals surface area contributed by atoms with E-state index in [2.05, 4.69) is 20.8 Å². The zero-order valence-corrected chi connectivity index (χ0v) is 10.5. The first-order valence-corrected chi connectivity index (χ1v) is 5.97. The second kappa shape index (κ2) is 8.51. The lowest BCUT2D eigenvalue weighted by atomic mass is 10.1. The van der Waals surface area contributed by atoms with E-state index in [1.54, 1.807) is 0 Å². The highest BCUT2D eigenvalue weighted by Gasteiger charge is 2.06. The van der Waals surface area contributed by atoms with Crippen molar-refractivity contribution < 1.29 is 9.53 Å². The Morgan fingerprint density at radius 1 is 1.33 bits per heavy atom. The molecule has 0 aromatic rings. The Bertz CT molecular complexity index is 207. The van der Waals surface area contributed by atoms with Crippen molar-refractivity contribution in [2.75, 3.05) is 6.61 Å². The first-order valence-electron chi connectivity index (χ1n) is 5.97. The third-order valence-electron chi connectivity index (χ3n) is 2.48. The maximum Gasteiger partial charge on any atom is 0.333 e. The summed E-state index contributed by atoms with van der Waals surface area (Å²) in [5.74, 6) is 0.291. The van der Waals surface area contributed by atoms with Gasteiger partial charge in [-0.2, -0.15) is 0 Å². The van der Waals surface area contributed by atoms with E-state index in [1.165, 1.54) is 0 Å². The largest absolute Gasteiger partial charge is 0.462 e. The van der Waals surface area contributed by atoms with Crippen molar-refractivity contribution in [1.29, 1.82) is 0 Å². The Morgan fingerprint density at radius 2 is 2.00 bits per heavy atom. The van der Waals surface area contributed by atoms with Crippen LogP contribution in [0.1, 0.15) is 53.4 Å². The Morgan fingerprint density at radius 3 is 2.53 bits per heavy atom. The molecular formula is C13H24O2. The number of hydrogen-bond acceptors (Lipinski definition) is 2. The van der Waals surface area contributed by atoms with Crippen molar-refractivity contribution in [1.82, 2.24) is 0 Å². The van der Waals surface area contributed by atoms with E-state index in [1.807, 2.05) is 13.0 Å². The van der Waals surface area contributed by atoms with E-state index in [9.17, 15) is 4.79 Å². The van der Waals surface area contributed by atoms with E-state index in [-0.39, 0.29) is 5.97 Å². The molecule has 0 aromatic heterocycles. The molecule has 0 bridgehead atoms. The van der Waals surface area contributed by atoms with Crippen molar-refractivity contribution in [3.8, 4) is 0 Å². The predicted octanol–water partition coefficient (Wildman–Crippen LogP) is 3.71. The van der Waals surface area contributed by atoms with Gasteiger partial charge in [0.2, 0.25) is 0 Å². The molecule has 2 nitrogen and oxygen atoms in total. The topological polar surface area (TPSA) is 26.3 Å². The first-order chi connectivity index (χ1) is 7.11. The minimum Gasteiger partial charge on any atom is -0.462 e. The Hall–Kier alpha value is -0.790. The molecule has 15 heavy (non-hydrogen) atoms. The fourth-order valence-electron chi connectivity index (χ4n) is 1.24. The molecule has 88 valence electrons. The molecule has 1 atom stereocenters. The molecule has 1 unspecified atom stereocenters. The molecule has 0 saturated carbocycles. The van der Waals surface area contributed by atoms with Crippen LogP contribution in [-0.2, 0) is 9.53 Å². The van der Waals surface area contributed by atoms with Crippen LogP contribution in [-0.4, -0.2) is 12.6 Å². The van der Waals surface area contributed by atoms with E-state index in [0.29, 0.717) is 12.5 Å². The fourth-order valence-corrected chi connectivity index (χ4v) is 1.24. The molecule has 0 aliphatic rings. The van der Waals surface area contributed by atoms with Crippen LogP contribution in [0.2, 0.25) is 0 Å². The summed E-state index contributed by atoms with van der Waals surface area (Å²) < 4.78 is 5.14. The quantitative estimate of drug-likeness (QED) is 0.365. The molecule has 0 N–H and O–H groups in total. The molecule has 0 spiro atoms. The minimum atomic E-state index is -0.161. The van der Waals surface area contributed by atoms with Gasteiger partial charge in [0.05, 0.1) is 6.61 Å².